The van der Waals surface area contributed by atoms with Crippen molar-refractivity contribution in [2.24, 2.45) is 5.73 Å². The number of hydrogen-bond acceptors (Lipinski definition) is 5. The van der Waals surface area contributed by atoms with Crippen LogP contribution < -0.4 is 21.9 Å². The molecule has 0 radical (unpaired) electrons. The molecule has 7 nitrogen and oxygen atoms in total. The summed E-state index contributed by atoms with van der Waals surface area (Å²) in [4.78, 5) is 26.5. The second-order valence-electron chi connectivity index (χ2n) is 5.23. The van der Waals surface area contributed by atoms with Crippen LogP contribution in [-0.2, 0) is 13.1 Å². The standard InChI is InChI=1S/C15H19N5O2/c1-2-3-8-19-13(18-7-4-5-12(17)11-18)10-14(21)20(9-6-16)15(19)22/h10,12H,4-5,7-9,11,17H2,1H3/t12-/m1/s1. The van der Waals surface area contributed by atoms with E-state index in [2.05, 4.69) is 11.8 Å². The Hall–Kier alpha value is -2.51. The number of aromatic nitrogens is 2. The van der Waals surface area contributed by atoms with Crippen molar-refractivity contribution in [1.29, 1.82) is 5.26 Å². The minimum absolute atomic E-state index is 0.0242. The number of nitriles is 1. The summed E-state index contributed by atoms with van der Waals surface area (Å²) in [7, 11) is 0. The lowest BCUT2D eigenvalue weighted by atomic mass is 10.1. The molecule has 7 heteroatoms. The van der Waals surface area contributed by atoms with Gasteiger partial charge >= 0.3 is 5.69 Å². The first-order valence-corrected chi connectivity index (χ1v) is 7.20. The van der Waals surface area contributed by atoms with Crippen LogP contribution in [0.4, 0.5) is 5.82 Å². The first-order chi connectivity index (χ1) is 10.6. The van der Waals surface area contributed by atoms with E-state index in [0.29, 0.717) is 12.4 Å². The van der Waals surface area contributed by atoms with Gasteiger partial charge in [-0.25, -0.2) is 9.36 Å². The minimum atomic E-state index is -0.508. The lowest BCUT2D eigenvalue weighted by Gasteiger charge is -2.33. The number of anilines is 1. The van der Waals surface area contributed by atoms with Gasteiger partial charge in [-0.3, -0.25) is 9.36 Å². The van der Waals surface area contributed by atoms with Crippen LogP contribution in [0.2, 0.25) is 0 Å². The molecule has 2 rings (SSSR count). The first-order valence-electron chi connectivity index (χ1n) is 7.20. The third-order valence-corrected chi connectivity index (χ3v) is 3.68. The smallest absolute Gasteiger partial charge is 0.334 e. The molecule has 1 aromatic rings. The first kappa shape index (κ1) is 15.9. The Kier molecular flexibility index (Phi) is 5.03. The predicted molar refractivity (Wildman–Crippen MR) is 83.4 cm³/mol. The van der Waals surface area contributed by atoms with Crippen molar-refractivity contribution in [3.05, 3.63) is 26.9 Å². The van der Waals surface area contributed by atoms with Crippen LogP contribution in [0.3, 0.4) is 0 Å². The third-order valence-electron chi connectivity index (χ3n) is 3.68. The summed E-state index contributed by atoms with van der Waals surface area (Å²) < 4.78 is 2.36. The van der Waals surface area contributed by atoms with Crippen molar-refractivity contribution >= 4 is 5.82 Å². The molecular weight excluding hydrogens is 282 g/mol. The van der Waals surface area contributed by atoms with E-state index >= 15 is 0 Å². The zero-order valence-corrected chi connectivity index (χ0v) is 12.6. The summed E-state index contributed by atoms with van der Waals surface area (Å²) in [5, 5.41) is 8.78. The van der Waals surface area contributed by atoms with Gasteiger partial charge in [-0.1, -0.05) is 5.92 Å². The van der Waals surface area contributed by atoms with Gasteiger partial charge in [0.15, 0.2) is 0 Å². The van der Waals surface area contributed by atoms with Crippen LogP contribution >= 0.6 is 0 Å². The van der Waals surface area contributed by atoms with Gasteiger partial charge in [0.05, 0.1) is 12.6 Å². The molecule has 1 fully saturated rings. The average molecular weight is 301 g/mol. The number of piperidine rings is 1. The maximum absolute atomic E-state index is 12.5. The topological polar surface area (TPSA) is 97.0 Å². The largest absolute Gasteiger partial charge is 0.356 e. The van der Waals surface area contributed by atoms with Gasteiger partial charge in [-0.15, -0.1) is 5.92 Å². The van der Waals surface area contributed by atoms with Crippen molar-refractivity contribution in [2.75, 3.05) is 18.0 Å². The number of nitrogens with zero attached hydrogens (tertiary/aromatic N) is 4. The monoisotopic (exact) mass is 301 g/mol. The molecule has 1 saturated heterocycles. The quantitative estimate of drug-likeness (QED) is 0.758. The Morgan fingerprint density at radius 3 is 2.77 bits per heavy atom. The zero-order valence-electron chi connectivity index (χ0n) is 12.6. The van der Waals surface area contributed by atoms with E-state index in [1.165, 1.54) is 10.6 Å². The second-order valence-corrected chi connectivity index (χ2v) is 5.23. The highest BCUT2D eigenvalue weighted by Gasteiger charge is 2.21. The maximum atomic E-state index is 12.5. The number of rotatable bonds is 3. The molecule has 0 amide bonds. The third kappa shape index (κ3) is 3.21. The summed E-state index contributed by atoms with van der Waals surface area (Å²) in [6, 6.07) is 3.26. The molecule has 116 valence electrons. The minimum Gasteiger partial charge on any atom is -0.356 e. The molecule has 0 unspecified atom stereocenters. The second kappa shape index (κ2) is 6.97. The van der Waals surface area contributed by atoms with Gasteiger partial charge in [0.25, 0.3) is 5.56 Å². The van der Waals surface area contributed by atoms with Crippen molar-refractivity contribution in [1.82, 2.24) is 9.13 Å². The zero-order chi connectivity index (χ0) is 16.1. The van der Waals surface area contributed by atoms with Gasteiger partial charge in [0.1, 0.15) is 12.4 Å². The molecule has 2 heterocycles. The Labute approximate surface area is 128 Å². The van der Waals surface area contributed by atoms with Crippen molar-refractivity contribution in [2.45, 2.75) is 38.9 Å². The normalized spacial score (nSPS) is 17.5. The summed E-state index contributed by atoms with van der Waals surface area (Å²) in [5.41, 5.74) is 5.00. The molecule has 2 N–H and O–H groups in total. The molecule has 0 bridgehead atoms. The van der Waals surface area contributed by atoms with Gasteiger partial charge in [0.2, 0.25) is 0 Å². The Balaban J connectivity index is 2.56. The van der Waals surface area contributed by atoms with Gasteiger partial charge in [-0.2, -0.15) is 5.26 Å². The molecule has 0 aliphatic carbocycles. The number of hydrogen-bond donors (Lipinski definition) is 1. The molecule has 1 aliphatic heterocycles. The van der Waals surface area contributed by atoms with E-state index in [1.54, 1.807) is 6.92 Å². The molecule has 1 atom stereocenters. The number of nitrogens with two attached hydrogens (primary N) is 1. The van der Waals surface area contributed by atoms with Crippen LogP contribution in [-0.4, -0.2) is 28.3 Å². The van der Waals surface area contributed by atoms with Crippen molar-refractivity contribution in [3.63, 3.8) is 0 Å². The van der Waals surface area contributed by atoms with Crippen molar-refractivity contribution in [3.8, 4) is 17.9 Å². The van der Waals surface area contributed by atoms with Crippen LogP contribution in [0.25, 0.3) is 0 Å². The Bertz CT molecular complexity index is 759. The average Bonchev–Trinajstić information content (AvgIpc) is 2.50. The van der Waals surface area contributed by atoms with E-state index in [9.17, 15) is 9.59 Å². The van der Waals surface area contributed by atoms with Crippen molar-refractivity contribution < 1.29 is 0 Å². The SMILES string of the molecule is CC#CCn1c(N2CCC[C@@H](N)C2)cc(=O)n(CC#N)c1=O. The Morgan fingerprint density at radius 1 is 1.36 bits per heavy atom. The molecule has 1 aromatic heterocycles. The Morgan fingerprint density at radius 2 is 2.14 bits per heavy atom. The fourth-order valence-corrected chi connectivity index (χ4v) is 2.61. The van der Waals surface area contributed by atoms with Gasteiger partial charge in [-0.05, 0) is 19.8 Å². The molecular formula is C15H19N5O2. The van der Waals surface area contributed by atoms with Crippen LogP contribution in [0, 0.1) is 23.2 Å². The van der Waals surface area contributed by atoms with Gasteiger partial charge < -0.3 is 10.6 Å². The highest BCUT2D eigenvalue weighted by molar-refractivity contribution is 5.40. The van der Waals surface area contributed by atoms with Crippen LogP contribution in [0.15, 0.2) is 15.7 Å². The van der Waals surface area contributed by atoms with E-state index < -0.39 is 11.2 Å². The fourth-order valence-electron chi connectivity index (χ4n) is 2.61. The molecule has 22 heavy (non-hydrogen) atoms. The summed E-state index contributed by atoms with van der Waals surface area (Å²) in [6.07, 6.45) is 1.84. The summed E-state index contributed by atoms with van der Waals surface area (Å²) in [5.74, 6) is 6.11. The molecule has 0 saturated carbocycles. The maximum Gasteiger partial charge on any atom is 0.334 e. The summed E-state index contributed by atoms with van der Waals surface area (Å²) in [6.45, 7) is 2.95. The highest BCUT2D eigenvalue weighted by Crippen LogP contribution is 2.16. The van der Waals surface area contributed by atoms with E-state index in [1.807, 2.05) is 11.0 Å². The highest BCUT2D eigenvalue weighted by atomic mass is 16.2. The van der Waals surface area contributed by atoms with Crippen LogP contribution in [0.5, 0.6) is 0 Å². The van der Waals surface area contributed by atoms with E-state index in [4.69, 9.17) is 11.0 Å². The molecule has 1 aliphatic rings. The molecule has 0 aromatic carbocycles. The van der Waals surface area contributed by atoms with E-state index in [-0.39, 0.29) is 19.1 Å². The van der Waals surface area contributed by atoms with E-state index in [0.717, 1.165) is 24.0 Å². The predicted octanol–water partition coefficient (Wildman–Crippen LogP) is -0.516. The summed E-state index contributed by atoms with van der Waals surface area (Å²) >= 11 is 0. The lowest BCUT2D eigenvalue weighted by Crippen LogP contribution is -2.48. The molecule has 0 spiro atoms. The van der Waals surface area contributed by atoms with Gasteiger partial charge in [0, 0.05) is 25.2 Å². The van der Waals surface area contributed by atoms with Crippen LogP contribution in [0.1, 0.15) is 19.8 Å². The lowest BCUT2D eigenvalue weighted by molar-refractivity contribution is 0.491. The fraction of sp³-hybridized carbons (Fsp3) is 0.533.